The average molecular weight is 705 g/mol. The van der Waals surface area contributed by atoms with E-state index in [0.29, 0.717) is 0 Å². The van der Waals surface area contributed by atoms with Gasteiger partial charge in [0.1, 0.15) is 5.82 Å². The summed E-state index contributed by atoms with van der Waals surface area (Å²) in [5, 5.41) is 0. The summed E-state index contributed by atoms with van der Waals surface area (Å²) in [4.78, 5) is 10.9. The van der Waals surface area contributed by atoms with Crippen LogP contribution in [0.25, 0.3) is 50.8 Å². The molecule has 262 valence electrons. The summed E-state index contributed by atoms with van der Waals surface area (Å²) in [6, 6.07) is 55.7. The number of aromatic nitrogens is 2. The molecular formula is C53H40N2. The van der Waals surface area contributed by atoms with Gasteiger partial charge in [-0.1, -0.05) is 190 Å². The Balaban J connectivity index is 1.11. The van der Waals surface area contributed by atoms with Crippen LogP contribution in [0.2, 0.25) is 0 Å². The van der Waals surface area contributed by atoms with Crippen molar-refractivity contribution in [3.63, 3.8) is 0 Å². The molecule has 4 aliphatic carbocycles. The highest BCUT2D eigenvalue weighted by molar-refractivity contribution is 5.88. The summed E-state index contributed by atoms with van der Waals surface area (Å²) >= 11 is 0. The molecule has 0 saturated carbocycles. The van der Waals surface area contributed by atoms with Crippen LogP contribution in [0.15, 0.2) is 182 Å². The maximum atomic E-state index is 5.49. The molecule has 0 radical (unpaired) electrons. The average Bonchev–Trinajstić information content (AvgIpc) is 3.68. The zero-order valence-electron chi connectivity index (χ0n) is 31.0. The van der Waals surface area contributed by atoms with Crippen LogP contribution >= 0.6 is 0 Å². The van der Waals surface area contributed by atoms with Crippen LogP contribution in [-0.2, 0) is 5.41 Å². The van der Waals surface area contributed by atoms with E-state index in [9.17, 15) is 0 Å². The van der Waals surface area contributed by atoms with Crippen molar-refractivity contribution in [3.05, 3.63) is 221 Å². The first kappa shape index (κ1) is 32.1. The van der Waals surface area contributed by atoms with Crippen molar-refractivity contribution < 1.29 is 0 Å². The van der Waals surface area contributed by atoms with Crippen LogP contribution in [0, 0.1) is 5.41 Å². The Hall–Kier alpha value is -6.38. The lowest BCUT2D eigenvalue weighted by atomic mass is 9.56. The van der Waals surface area contributed by atoms with Crippen molar-refractivity contribution in [1.29, 1.82) is 0 Å². The molecule has 0 saturated heterocycles. The summed E-state index contributed by atoms with van der Waals surface area (Å²) in [5.41, 5.74) is 16.8. The quantitative estimate of drug-likeness (QED) is 0.182. The van der Waals surface area contributed by atoms with Gasteiger partial charge in [-0.15, -0.1) is 0 Å². The second kappa shape index (κ2) is 12.1. The molecule has 2 nitrogen and oxygen atoms in total. The van der Waals surface area contributed by atoms with Gasteiger partial charge >= 0.3 is 0 Å². The molecule has 0 N–H and O–H groups in total. The van der Waals surface area contributed by atoms with Crippen molar-refractivity contribution in [2.45, 2.75) is 37.0 Å². The first-order valence-electron chi connectivity index (χ1n) is 19.6. The molecular weight excluding hydrogens is 665 g/mol. The van der Waals surface area contributed by atoms with Gasteiger partial charge in [0.25, 0.3) is 0 Å². The van der Waals surface area contributed by atoms with Crippen molar-refractivity contribution in [2.75, 3.05) is 0 Å². The summed E-state index contributed by atoms with van der Waals surface area (Å²) in [7, 11) is 0. The number of fused-ring (bicyclic) bond motifs is 11. The summed E-state index contributed by atoms with van der Waals surface area (Å²) in [6.07, 6.45) is 13.9. The van der Waals surface area contributed by atoms with Gasteiger partial charge in [-0.25, -0.2) is 9.97 Å². The van der Waals surface area contributed by atoms with E-state index in [1.807, 2.05) is 0 Å². The second-order valence-electron chi connectivity index (χ2n) is 15.9. The Morgan fingerprint density at radius 2 is 1.15 bits per heavy atom. The van der Waals surface area contributed by atoms with Gasteiger partial charge in [0.05, 0.1) is 16.8 Å². The highest BCUT2D eigenvalue weighted by atomic mass is 14.9. The third-order valence-corrected chi connectivity index (χ3v) is 13.2. The molecule has 4 aliphatic rings. The van der Waals surface area contributed by atoms with Gasteiger partial charge in [0.2, 0.25) is 0 Å². The van der Waals surface area contributed by atoms with Gasteiger partial charge < -0.3 is 0 Å². The lowest BCUT2D eigenvalue weighted by molar-refractivity contribution is 0.294. The number of benzene rings is 6. The van der Waals surface area contributed by atoms with Gasteiger partial charge in [0, 0.05) is 28.4 Å². The standard InChI is InChI=1S/C53H40N2/c1-34-40-17-7-6-16-37(40)27-29-41(34)51-54-49(38-25-23-36(24-26-38)35-14-4-3-5-15-35)33-50(55-51)39-28-30-43-42-18-8-10-21-46(42)53(48(43)32-39)47-22-11-9-19-44(47)45-20-12-13-31-52(45,53)2/h3-34,41,45H,1-2H3. The minimum absolute atomic E-state index is 0.0442. The number of rotatable bonds is 4. The Morgan fingerprint density at radius 1 is 0.509 bits per heavy atom. The Kier molecular flexibility index (Phi) is 7.04. The van der Waals surface area contributed by atoms with Crippen LogP contribution in [-0.4, -0.2) is 9.97 Å². The molecule has 6 aromatic carbocycles. The van der Waals surface area contributed by atoms with Gasteiger partial charge in [0.15, 0.2) is 0 Å². The summed E-state index contributed by atoms with van der Waals surface area (Å²) in [6.45, 7) is 4.79. The topological polar surface area (TPSA) is 25.8 Å². The smallest absolute Gasteiger partial charge is 0.137 e. The Morgan fingerprint density at radius 3 is 1.98 bits per heavy atom. The molecule has 5 atom stereocenters. The monoisotopic (exact) mass is 704 g/mol. The van der Waals surface area contributed by atoms with Crippen LogP contribution in [0.4, 0.5) is 0 Å². The maximum absolute atomic E-state index is 5.49. The van der Waals surface area contributed by atoms with Crippen LogP contribution in [0.1, 0.15) is 70.8 Å². The molecule has 5 unspecified atom stereocenters. The zero-order valence-corrected chi connectivity index (χ0v) is 31.0. The van der Waals surface area contributed by atoms with Crippen LogP contribution < -0.4 is 0 Å². The molecule has 0 amide bonds. The molecule has 1 spiro atoms. The number of hydrogen-bond acceptors (Lipinski definition) is 2. The van der Waals surface area contributed by atoms with Crippen molar-refractivity contribution in [1.82, 2.24) is 9.97 Å². The first-order chi connectivity index (χ1) is 27.0. The fourth-order valence-electron chi connectivity index (χ4n) is 10.6. The fourth-order valence-corrected chi connectivity index (χ4v) is 10.6. The third kappa shape index (κ3) is 4.55. The maximum Gasteiger partial charge on any atom is 0.137 e. The number of hydrogen-bond donors (Lipinski definition) is 0. The van der Waals surface area contributed by atoms with Gasteiger partial charge in [-0.05, 0) is 73.7 Å². The lowest BCUT2D eigenvalue weighted by Crippen LogP contribution is -2.42. The molecule has 0 aliphatic heterocycles. The van der Waals surface area contributed by atoms with E-state index in [0.717, 1.165) is 28.3 Å². The van der Waals surface area contributed by atoms with E-state index in [4.69, 9.17) is 9.97 Å². The Labute approximate surface area is 323 Å². The molecule has 7 aromatic rings. The van der Waals surface area contributed by atoms with E-state index >= 15 is 0 Å². The molecule has 1 aromatic heterocycles. The van der Waals surface area contributed by atoms with Gasteiger partial charge in [-0.3, -0.25) is 0 Å². The van der Waals surface area contributed by atoms with Gasteiger partial charge in [-0.2, -0.15) is 0 Å². The predicted molar refractivity (Wildman–Crippen MR) is 226 cm³/mol. The van der Waals surface area contributed by atoms with Crippen LogP contribution in [0.5, 0.6) is 0 Å². The largest absolute Gasteiger partial charge is 0.232 e. The molecule has 0 bridgehead atoms. The van der Waals surface area contributed by atoms with E-state index in [2.05, 4.69) is 202 Å². The van der Waals surface area contributed by atoms with Crippen molar-refractivity contribution in [3.8, 4) is 44.8 Å². The highest BCUT2D eigenvalue weighted by Gasteiger charge is 2.63. The molecule has 1 heterocycles. The SMILES string of the molecule is CC1c2ccccc2C=CC1c1nc(-c2ccc(-c3ccccc3)cc2)cc(-c2ccc3c(c2)C2(c4ccccc4-3)c3ccccc3C3C=CC=CC32C)n1. The summed E-state index contributed by atoms with van der Waals surface area (Å²) < 4.78 is 0. The lowest BCUT2D eigenvalue weighted by Gasteiger charge is -2.45. The summed E-state index contributed by atoms with van der Waals surface area (Å²) in [5.74, 6) is 1.41. The molecule has 2 heteroatoms. The third-order valence-electron chi connectivity index (χ3n) is 13.2. The van der Waals surface area contributed by atoms with Crippen LogP contribution in [0.3, 0.4) is 0 Å². The molecule has 55 heavy (non-hydrogen) atoms. The Bertz CT molecular complexity index is 2750. The van der Waals surface area contributed by atoms with E-state index in [-0.39, 0.29) is 28.6 Å². The first-order valence-corrected chi connectivity index (χ1v) is 19.6. The van der Waals surface area contributed by atoms with Crippen molar-refractivity contribution >= 4 is 6.08 Å². The second-order valence-corrected chi connectivity index (χ2v) is 15.9. The number of nitrogens with zero attached hydrogens (tertiary/aromatic N) is 2. The molecule has 0 fully saturated rings. The molecule has 11 rings (SSSR count). The zero-order chi connectivity index (χ0) is 36.7. The minimum Gasteiger partial charge on any atom is -0.232 e. The number of allylic oxidation sites excluding steroid dienone is 5. The predicted octanol–water partition coefficient (Wildman–Crippen LogP) is 12.9. The van der Waals surface area contributed by atoms with Crippen molar-refractivity contribution in [2.24, 2.45) is 5.41 Å². The minimum atomic E-state index is -0.353. The highest BCUT2D eigenvalue weighted by Crippen LogP contribution is 2.71. The van der Waals surface area contributed by atoms with E-state index in [1.165, 1.54) is 55.6 Å². The van der Waals surface area contributed by atoms with E-state index < -0.39 is 0 Å². The fraction of sp³-hybridized carbons (Fsp3) is 0.132. The normalized spacial score (nSPS) is 23.6. The van der Waals surface area contributed by atoms with E-state index in [1.54, 1.807) is 0 Å².